The monoisotopic (exact) mass is 329 g/mol. The number of hydrogen-bond donors (Lipinski definition) is 2. The molecule has 7 heteroatoms. The molecule has 0 saturated heterocycles. The van der Waals surface area contributed by atoms with E-state index in [1.54, 1.807) is 37.3 Å². The first-order chi connectivity index (χ1) is 11.5. The van der Waals surface area contributed by atoms with Crippen molar-refractivity contribution in [3.05, 3.63) is 41.6 Å². The summed E-state index contributed by atoms with van der Waals surface area (Å²) in [6.07, 6.45) is 1.38. The van der Waals surface area contributed by atoms with Gasteiger partial charge in [-0.2, -0.15) is 5.26 Å². The molecule has 0 unspecified atom stereocenters. The Labute approximate surface area is 140 Å². The van der Waals surface area contributed by atoms with Crippen LogP contribution in [0.1, 0.15) is 30.6 Å². The first kappa shape index (κ1) is 18.9. The van der Waals surface area contributed by atoms with Gasteiger partial charge in [-0.05, 0) is 38.1 Å². The molecule has 0 aromatic heterocycles. The van der Waals surface area contributed by atoms with Crippen molar-refractivity contribution in [1.29, 1.82) is 5.26 Å². The molecular formula is C17H19N3O4. The van der Waals surface area contributed by atoms with Gasteiger partial charge in [0.15, 0.2) is 5.78 Å². The van der Waals surface area contributed by atoms with Crippen molar-refractivity contribution in [1.82, 2.24) is 5.32 Å². The maximum Gasteiger partial charge on any atom is 0.307 e. The van der Waals surface area contributed by atoms with E-state index >= 15 is 0 Å². The molecule has 0 saturated carbocycles. The van der Waals surface area contributed by atoms with Crippen molar-refractivity contribution in [2.45, 2.75) is 20.3 Å². The van der Waals surface area contributed by atoms with Crippen LogP contribution in [-0.2, 0) is 14.3 Å². The number of ether oxygens (including phenoxy) is 1. The highest BCUT2D eigenvalue weighted by Gasteiger charge is 2.09. The van der Waals surface area contributed by atoms with E-state index in [2.05, 4.69) is 10.6 Å². The van der Waals surface area contributed by atoms with Gasteiger partial charge in [0, 0.05) is 24.0 Å². The molecule has 0 bridgehead atoms. The van der Waals surface area contributed by atoms with Crippen molar-refractivity contribution in [2.75, 3.05) is 18.5 Å². The third-order valence-electron chi connectivity index (χ3n) is 2.94. The molecule has 24 heavy (non-hydrogen) atoms. The summed E-state index contributed by atoms with van der Waals surface area (Å²) in [5.41, 5.74) is 0.872. The van der Waals surface area contributed by atoms with Crippen LogP contribution in [0.3, 0.4) is 0 Å². The molecule has 0 aliphatic heterocycles. The smallest absolute Gasteiger partial charge is 0.307 e. The van der Waals surface area contributed by atoms with Gasteiger partial charge < -0.3 is 15.4 Å². The van der Waals surface area contributed by atoms with Crippen molar-refractivity contribution in [2.24, 2.45) is 0 Å². The summed E-state index contributed by atoms with van der Waals surface area (Å²) in [4.78, 5) is 34.3. The Bertz CT molecular complexity index is 672. The van der Waals surface area contributed by atoms with Gasteiger partial charge in [0.05, 0.1) is 13.0 Å². The summed E-state index contributed by atoms with van der Waals surface area (Å²) >= 11 is 0. The molecule has 0 atom stereocenters. The molecule has 1 aromatic carbocycles. The summed E-state index contributed by atoms with van der Waals surface area (Å²) in [7, 11) is 0. The third kappa shape index (κ3) is 6.32. The van der Waals surface area contributed by atoms with Crippen LogP contribution in [0.5, 0.6) is 0 Å². The minimum Gasteiger partial charge on any atom is -0.466 e. The minimum absolute atomic E-state index is 0.0729. The van der Waals surface area contributed by atoms with E-state index in [-0.39, 0.29) is 30.3 Å². The number of nitrogens with zero attached hydrogens (tertiary/aromatic N) is 1. The Morgan fingerprint density at radius 3 is 2.46 bits per heavy atom. The number of anilines is 1. The number of esters is 1. The summed E-state index contributed by atoms with van der Waals surface area (Å²) < 4.78 is 4.76. The summed E-state index contributed by atoms with van der Waals surface area (Å²) in [6, 6.07) is 8.12. The molecule has 1 rings (SSSR count). The largest absolute Gasteiger partial charge is 0.466 e. The molecule has 126 valence electrons. The first-order valence-corrected chi connectivity index (χ1v) is 7.39. The highest BCUT2D eigenvalue weighted by molar-refractivity contribution is 6.06. The lowest BCUT2D eigenvalue weighted by atomic mass is 10.1. The zero-order valence-electron chi connectivity index (χ0n) is 13.6. The van der Waals surface area contributed by atoms with Crippen molar-refractivity contribution >= 4 is 23.3 Å². The third-order valence-corrected chi connectivity index (χ3v) is 2.94. The topological polar surface area (TPSA) is 108 Å². The number of Topliss-reactive ketones (excluding diaryl/α,β-unsaturated/α-hetero) is 1. The van der Waals surface area contributed by atoms with Gasteiger partial charge in [-0.25, -0.2) is 0 Å². The molecule has 1 amide bonds. The number of rotatable bonds is 8. The number of carbonyl (C=O) groups excluding carboxylic acids is 3. The van der Waals surface area contributed by atoms with E-state index in [1.165, 1.54) is 13.1 Å². The summed E-state index contributed by atoms with van der Waals surface area (Å²) in [5, 5.41) is 14.3. The molecule has 0 aliphatic carbocycles. The van der Waals surface area contributed by atoms with Crippen molar-refractivity contribution < 1.29 is 19.1 Å². The van der Waals surface area contributed by atoms with Crippen LogP contribution < -0.4 is 10.6 Å². The second-order valence-corrected chi connectivity index (χ2v) is 4.77. The lowest BCUT2D eigenvalue weighted by Crippen LogP contribution is -2.19. The Kier molecular flexibility index (Phi) is 7.71. The molecule has 0 fully saturated rings. The average Bonchev–Trinajstić information content (AvgIpc) is 2.55. The van der Waals surface area contributed by atoms with Crippen molar-refractivity contribution in [3.63, 3.8) is 0 Å². The number of benzene rings is 1. The molecule has 0 aliphatic rings. The van der Waals surface area contributed by atoms with Crippen LogP contribution >= 0.6 is 0 Å². The quantitative estimate of drug-likeness (QED) is 0.247. The first-order valence-electron chi connectivity index (χ1n) is 7.39. The van der Waals surface area contributed by atoms with Gasteiger partial charge in [-0.1, -0.05) is 0 Å². The lowest BCUT2D eigenvalue weighted by Gasteiger charge is -2.06. The fraction of sp³-hybridized carbons (Fsp3) is 0.294. The van der Waals surface area contributed by atoms with E-state index in [1.807, 2.05) is 0 Å². The van der Waals surface area contributed by atoms with Crippen LogP contribution in [-0.4, -0.2) is 30.8 Å². The molecule has 2 N–H and O–H groups in total. The molecule has 0 spiro atoms. The van der Waals surface area contributed by atoms with E-state index in [4.69, 9.17) is 10.00 Å². The fourth-order valence-electron chi connectivity index (χ4n) is 1.72. The van der Waals surface area contributed by atoms with Gasteiger partial charge in [0.25, 0.3) is 5.91 Å². The number of ketones is 1. The Hall–Kier alpha value is -3.14. The van der Waals surface area contributed by atoms with Gasteiger partial charge in [0.1, 0.15) is 11.6 Å². The minimum atomic E-state index is -0.586. The van der Waals surface area contributed by atoms with E-state index in [9.17, 15) is 14.4 Å². The highest BCUT2D eigenvalue weighted by Crippen LogP contribution is 2.11. The number of nitriles is 1. The maximum atomic E-state index is 12.0. The van der Waals surface area contributed by atoms with Crippen molar-refractivity contribution in [3.8, 4) is 6.07 Å². The average molecular weight is 329 g/mol. The second kappa shape index (κ2) is 9.79. The molecule has 0 heterocycles. The van der Waals surface area contributed by atoms with Gasteiger partial charge in [-0.15, -0.1) is 0 Å². The Morgan fingerprint density at radius 2 is 1.92 bits per heavy atom. The zero-order valence-corrected chi connectivity index (χ0v) is 13.6. The SMILES string of the molecule is CCOC(=O)CCN/C=C(/C#N)C(=O)Nc1ccc(C(C)=O)cc1. The summed E-state index contributed by atoms with van der Waals surface area (Å²) in [6.45, 7) is 3.73. The number of amides is 1. The van der Waals surface area contributed by atoms with E-state index in [0.717, 1.165) is 0 Å². The molecule has 0 radical (unpaired) electrons. The van der Waals surface area contributed by atoms with Crippen LogP contribution in [0.25, 0.3) is 0 Å². The van der Waals surface area contributed by atoms with Crippen LogP contribution in [0.15, 0.2) is 36.0 Å². The normalized spacial score (nSPS) is 10.5. The molecule has 7 nitrogen and oxygen atoms in total. The van der Waals surface area contributed by atoms with Gasteiger partial charge in [-0.3, -0.25) is 14.4 Å². The number of carbonyl (C=O) groups is 3. The van der Waals surface area contributed by atoms with E-state index < -0.39 is 5.91 Å². The number of hydrogen-bond acceptors (Lipinski definition) is 6. The number of nitrogens with one attached hydrogen (secondary N) is 2. The second-order valence-electron chi connectivity index (χ2n) is 4.77. The van der Waals surface area contributed by atoms with Crippen LogP contribution in [0.2, 0.25) is 0 Å². The zero-order chi connectivity index (χ0) is 17.9. The predicted octanol–water partition coefficient (Wildman–Crippen LogP) is 1.78. The lowest BCUT2D eigenvalue weighted by molar-refractivity contribution is -0.142. The van der Waals surface area contributed by atoms with E-state index in [0.29, 0.717) is 17.9 Å². The molecular weight excluding hydrogens is 310 g/mol. The predicted molar refractivity (Wildman–Crippen MR) is 88.0 cm³/mol. The fourth-order valence-corrected chi connectivity index (χ4v) is 1.72. The van der Waals surface area contributed by atoms with Gasteiger partial charge in [0.2, 0.25) is 0 Å². The van der Waals surface area contributed by atoms with Crippen LogP contribution in [0, 0.1) is 11.3 Å². The standard InChI is InChI=1S/C17H19N3O4/c1-3-24-16(22)8-9-19-11-14(10-18)17(23)20-15-6-4-13(5-7-15)12(2)21/h4-7,11,19H,3,8-9H2,1-2H3,(H,20,23)/b14-11-. The van der Waals surface area contributed by atoms with Crippen LogP contribution in [0.4, 0.5) is 5.69 Å². The molecule has 1 aromatic rings. The maximum absolute atomic E-state index is 12.0. The Balaban J connectivity index is 2.56. The highest BCUT2D eigenvalue weighted by atomic mass is 16.5. The Morgan fingerprint density at radius 1 is 1.25 bits per heavy atom. The van der Waals surface area contributed by atoms with Gasteiger partial charge >= 0.3 is 5.97 Å². The summed E-state index contributed by atoms with van der Waals surface area (Å²) in [5.74, 6) is -1.01.